The molecule has 1 fully saturated rings. The first kappa shape index (κ1) is 7.03. The maximum atomic E-state index is 5.60. The summed E-state index contributed by atoms with van der Waals surface area (Å²) in [6.07, 6.45) is 3.62. The summed E-state index contributed by atoms with van der Waals surface area (Å²) in [4.78, 5) is 0. The van der Waals surface area contributed by atoms with Gasteiger partial charge in [0.15, 0.2) is 0 Å². The highest BCUT2D eigenvalue weighted by Gasteiger charge is 2.24. The van der Waals surface area contributed by atoms with E-state index in [4.69, 9.17) is 10.5 Å². The topological polar surface area (TPSA) is 35.2 Å². The quantitative estimate of drug-likeness (QED) is 0.610. The zero-order valence-electron chi connectivity index (χ0n) is 5.97. The van der Waals surface area contributed by atoms with Crippen molar-refractivity contribution in [3.63, 3.8) is 0 Å². The molecule has 9 heavy (non-hydrogen) atoms. The highest BCUT2D eigenvalue weighted by Crippen LogP contribution is 2.28. The van der Waals surface area contributed by atoms with Crippen LogP contribution < -0.4 is 5.73 Å². The van der Waals surface area contributed by atoms with Crippen molar-refractivity contribution in [1.82, 2.24) is 0 Å². The largest absolute Gasteiger partial charge is 0.385 e. The molecule has 0 saturated heterocycles. The van der Waals surface area contributed by atoms with E-state index >= 15 is 0 Å². The van der Waals surface area contributed by atoms with Crippen LogP contribution >= 0.6 is 0 Å². The lowest BCUT2D eigenvalue weighted by Gasteiger charge is -2.32. The van der Waals surface area contributed by atoms with Crippen molar-refractivity contribution in [3.05, 3.63) is 0 Å². The van der Waals surface area contributed by atoms with Gasteiger partial charge in [-0.05, 0) is 25.2 Å². The van der Waals surface area contributed by atoms with Crippen molar-refractivity contribution in [2.45, 2.75) is 25.3 Å². The maximum absolute atomic E-state index is 5.60. The Morgan fingerprint density at radius 2 is 2.22 bits per heavy atom. The second-order valence-electron chi connectivity index (χ2n) is 2.88. The van der Waals surface area contributed by atoms with Gasteiger partial charge in [-0.3, -0.25) is 0 Å². The molecule has 0 aromatic carbocycles. The summed E-state index contributed by atoms with van der Waals surface area (Å²) in [5.41, 5.74) is 5.60. The van der Waals surface area contributed by atoms with Gasteiger partial charge in [0, 0.05) is 19.8 Å². The fourth-order valence-electron chi connectivity index (χ4n) is 1.31. The highest BCUT2D eigenvalue weighted by molar-refractivity contribution is 4.81. The van der Waals surface area contributed by atoms with Gasteiger partial charge in [-0.25, -0.2) is 0 Å². The molecule has 1 rings (SSSR count). The summed E-state index contributed by atoms with van der Waals surface area (Å²) >= 11 is 0. The third kappa shape index (κ3) is 1.95. The molecule has 0 spiro atoms. The van der Waals surface area contributed by atoms with Crippen molar-refractivity contribution in [2.75, 3.05) is 13.7 Å². The molecule has 0 unspecified atom stereocenters. The van der Waals surface area contributed by atoms with Crippen molar-refractivity contribution in [1.29, 1.82) is 0 Å². The van der Waals surface area contributed by atoms with Gasteiger partial charge in [0.05, 0.1) is 0 Å². The molecule has 0 aromatic rings. The first-order valence-electron chi connectivity index (χ1n) is 3.57. The number of rotatable bonds is 3. The van der Waals surface area contributed by atoms with Crippen LogP contribution in [0.15, 0.2) is 0 Å². The number of nitrogens with two attached hydrogens (primary N) is 1. The minimum Gasteiger partial charge on any atom is -0.385 e. The second-order valence-corrected chi connectivity index (χ2v) is 2.88. The zero-order chi connectivity index (χ0) is 6.69. The van der Waals surface area contributed by atoms with Gasteiger partial charge in [-0.2, -0.15) is 0 Å². The fraction of sp³-hybridized carbons (Fsp3) is 1.00. The van der Waals surface area contributed by atoms with Gasteiger partial charge in [-0.15, -0.1) is 0 Å². The Hall–Kier alpha value is -0.0800. The lowest BCUT2D eigenvalue weighted by molar-refractivity contribution is 0.144. The molecule has 0 amide bonds. The number of ether oxygens (including phenoxy) is 1. The molecule has 54 valence electrons. The molecule has 1 aliphatic carbocycles. The Kier molecular flexibility index (Phi) is 2.49. The molecule has 2 nitrogen and oxygen atoms in total. The van der Waals surface area contributed by atoms with E-state index in [2.05, 4.69) is 0 Å². The molecule has 1 aliphatic rings. The van der Waals surface area contributed by atoms with E-state index in [9.17, 15) is 0 Å². The summed E-state index contributed by atoms with van der Waals surface area (Å²) in [5.74, 6) is 0.861. The molecule has 0 aliphatic heterocycles. The van der Waals surface area contributed by atoms with Gasteiger partial charge in [-0.1, -0.05) is 0 Å². The Bertz CT molecular complexity index is 79.0. The Morgan fingerprint density at radius 3 is 2.67 bits per heavy atom. The first-order chi connectivity index (χ1) is 4.33. The lowest BCUT2D eigenvalue weighted by Crippen LogP contribution is -2.36. The molecular formula is C7H15NO. The predicted octanol–water partition coefficient (Wildman–Crippen LogP) is 0.760. The van der Waals surface area contributed by atoms with Crippen LogP contribution in [-0.2, 0) is 4.74 Å². The van der Waals surface area contributed by atoms with Crippen LogP contribution in [0.25, 0.3) is 0 Å². The molecule has 0 bridgehead atoms. The summed E-state index contributed by atoms with van der Waals surface area (Å²) in [7, 11) is 1.75. The molecule has 1 saturated carbocycles. The predicted molar refractivity (Wildman–Crippen MR) is 37.2 cm³/mol. The van der Waals surface area contributed by atoms with Gasteiger partial charge < -0.3 is 10.5 Å². The fourth-order valence-corrected chi connectivity index (χ4v) is 1.31. The summed E-state index contributed by atoms with van der Waals surface area (Å²) in [5, 5.41) is 0. The third-order valence-corrected chi connectivity index (χ3v) is 2.00. The van der Waals surface area contributed by atoms with E-state index in [1.54, 1.807) is 7.11 Å². The molecule has 0 aromatic heterocycles. The number of hydrogen-bond acceptors (Lipinski definition) is 2. The first-order valence-corrected chi connectivity index (χ1v) is 3.57. The smallest absolute Gasteiger partial charge is 0.0464 e. The average Bonchev–Trinajstić information content (AvgIpc) is 1.78. The summed E-state index contributed by atoms with van der Waals surface area (Å²) < 4.78 is 4.94. The molecule has 2 N–H and O–H groups in total. The number of hydrogen-bond donors (Lipinski definition) is 1. The van der Waals surface area contributed by atoms with Crippen LogP contribution in [0.1, 0.15) is 19.3 Å². The van der Waals surface area contributed by atoms with Crippen LogP contribution in [0.3, 0.4) is 0 Å². The third-order valence-electron chi connectivity index (χ3n) is 2.00. The number of methoxy groups -OCH3 is 1. The standard InChI is InChI=1S/C7H15NO/c1-9-3-2-6-4-7(8)5-6/h6-7H,2-5,8H2,1H3. The van der Waals surface area contributed by atoms with E-state index in [-0.39, 0.29) is 0 Å². The SMILES string of the molecule is COCCC1CC(N)C1. The van der Waals surface area contributed by atoms with Crippen molar-refractivity contribution >= 4 is 0 Å². The van der Waals surface area contributed by atoms with Crippen LogP contribution in [0.5, 0.6) is 0 Å². The maximum Gasteiger partial charge on any atom is 0.0464 e. The van der Waals surface area contributed by atoms with Gasteiger partial charge in [0.2, 0.25) is 0 Å². The average molecular weight is 129 g/mol. The summed E-state index contributed by atoms with van der Waals surface area (Å²) in [6, 6.07) is 0.492. The van der Waals surface area contributed by atoms with Crippen molar-refractivity contribution < 1.29 is 4.74 Å². The van der Waals surface area contributed by atoms with Gasteiger partial charge in [0.1, 0.15) is 0 Å². The molecule has 0 atom stereocenters. The highest BCUT2D eigenvalue weighted by atomic mass is 16.5. The monoisotopic (exact) mass is 129 g/mol. The van der Waals surface area contributed by atoms with Crippen molar-refractivity contribution in [2.24, 2.45) is 11.7 Å². The zero-order valence-corrected chi connectivity index (χ0v) is 5.97. The molecule has 0 heterocycles. The lowest BCUT2D eigenvalue weighted by atomic mass is 9.79. The van der Waals surface area contributed by atoms with E-state index in [0.29, 0.717) is 6.04 Å². The van der Waals surface area contributed by atoms with E-state index in [1.807, 2.05) is 0 Å². The van der Waals surface area contributed by atoms with E-state index < -0.39 is 0 Å². The van der Waals surface area contributed by atoms with E-state index in [1.165, 1.54) is 19.3 Å². The second kappa shape index (κ2) is 3.18. The van der Waals surface area contributed by atoms with Crippen molar-refractivity contribution in [3.8, 4) is 0 Å². The van der Waals surface area contributed by atoms with Crippen LogP contribution in [0.4, 0.5) is 0 Å². The normalized spacial score (nSPS) is 34.0. The Balaban J connectivity index is 1.91. The molecule has 0 radical (unpaired) electrons. The minimum absolute atomic E-state index is 0.492. The minimum atomic E-state index is 0.492. The Labute approximate surface area is 56.4 Å². The Morgan fingerprint density at radius 1 is 1.56 bits per heavy atom. The van der Waals surface area contributed by atoms with Gasteiger partial charge >= 0.3 is 0 Å². The molecule has 2 heteroatoms. The van der Waals surface area contributed by atoms with Crippen LogP contribution in [0, 0.1) is 5.92 Å². The molecular weight excluding hydrogens is 114 g/mol. The summed E-state index contributed by atoms with van der Waals surface area (Å²) in [6.45, 7) is 0.900. The van der Waals surface area contributed by atoms with E-state index in [0.717, 1.165) is 12.5 Å². The van der Waals surface area contributed by atoms with Crippen LogP contribution in [0.2, 0.25) is 0 Å². The van der Waals surface area contributed by atoms with Gasteiger partial charge in [0.25, 0.3) is 0 Å². The van der Waals surface area contributed by atoms with Crippen LogP contribution in [-0.4, -0.2) is 19.8 Å².